The number of ether oxygens (including phenoxy) is 1. The molecule has 0 aliphatic carbocycles. The number of carbonyl (C=O) groups is 2. The van der Waals surface area contributed by atoms with Gasteiger partial charge in [0, 0.05) is 25.3 Å². The van der Waals surface area contributed by atoms with Gasteiger partial charge >= 0.3 is 0 Å². The summed E-state index contributed by atoms with van der Waals surface area (Å²) < 4.78 is 5.84. The predicted octanol–water partition coefficient (Wildman–Crippen LogP) is 3.39. The maximum Gasteiger partial charge on any atom is 0.270 e. The third-order valence-corrected chi connectivity index (χ3v) is 5.25. The van der Waals surface area contributed by atoms with Crippen LogP contribution < -0.4 is 10.1 Å². The van der Waals surface area contributed by atoms with Crippen molar-refractivity contribution in [1.82, 2.24) is 15.2 Å². The molecular formula is C23H29N3O3. The molecule has 1 aromatic carbocycles. The lowest BCUT2D eigenvalue weighted by atomic mass is 10.0. The van der Waals surface area contributed by atoms with Crippen LogP contribution in [0.3, 0.4) is 0 Å². The van der Waals surface area contributed by atoms with Gasteiger partial charge in [0.25, 0.3) is 11.8 Å². The van der Waals surface area contributed by atoms with Crippen molar-refractivity contribution in [3.8, 4) is 5.75 Å². The van der Waals surface area contributed by atoms with Gasteiger partial charge in [-0.1, -0.05) is 32.0 Å². The van der Waals surface area contributed by atoms with Crippen molar-refractivity contribution in [2.24, 2.45) is 0 Å². The number of hydrogen-bond acceptors (Lipinski definition) is 4. The molecule has 2 aromatic rings. The van der Waals surface area contributed by atoms with E-state index in [-0.39, 0.29) is 17.9 Å². The van der Waals surface area contributed by atoms with Crippen LogP contribution in [0.4, 0.5) is 0 Å². The van der Waals surface area contributed by atoms with E-state index in [1.165, 1.54) is 5.56 Å². The Balaban J connectivity index is 1.47. The molecule has 0 radical (unpaired) electrons. The van der Waals surface area contributed by atoms with E-state index in [0.717, 1.165) is 12.8 Å². The fourth-order valence-corrected chi connectivity index (χ4v) is 3.44. The minimum atomic E-state index is -0.542. The molecule has 6 heteroatoms. The molecule has 154 valence electrons. The lowest BCUT2D eigenvalue weighted by Crippen LogP contribution is -2.49. The average Bonchev–Trinajstić information content (AvgIpc) is 2.74. The quantitative estimate of drug-likeness (QED) is 0.814. The third-order valence-electron chi connectivity index (χ3n) is 5.25. The number of benzene rings is 1. The summed E-state index contributed by atoms with van der Waals surface area (Å²) in [6.07, 6.45) is 2.51. The van der Waals surface area contributed by atoms with Crippen LogP contribution in [0.15, 0.2) is 48.7 Å². The zero-order valence-corrected chi connectivity index (χ0v) is 17.3. The highest BCUT2D eigenvalue weighted by atomic mass is 16.5. The van der Waals surface area contributed by atoms with Crippen molar-refractivity contribution in [2.45, 2.75) is 51.7 Å². The fourth-order valence-electron chi connectivity index (χ4n) is 3.44. The normalized spacial score (nSPS) is 15.8. The molecule has 3 rings (SSSR count). The topological polar surface area (TPSA) is 71.5 Å². The van der Waals surface area contributed by atoms with Crippen molar-refractivity contribution in [3.05, 3.63) is 59.9 Å². The van der Waals surface area contributed by atoms with Crippen LogP contribution in [0, 0.1) is 0 Å². The standard InChI is InChI=1S/C23H29N3O3/c1-16(2)18-7-9-20(10-8-18)29-17(3)23(28)26-14-11-19(12-15-26)25-22(27)21-6-4-5-13-24-21/h4-10,13,16-17,19H,11-12,14-15H2,1-3H3,(H,25,27). The molecular weight excluding hydrogens is 366 g/mol. The van der Waals surface area contributed by atoms with Crippen LogP contribution in [0.1, 0.15) is 55.6 Å². The third kappa shape index (κ3) is 5.56. The molecule has 0 spiro atoms. The van der Waals surface area contributed by atoms with Crippen molar-refractivity contribution >= 4 is 11.8 Å². The van der Waals surface area contributed by atoms with Gasteiger partial charge in [-0.3, -0.25) is 14.6 Å². The molecule has 0 saturated carbocycles. The predicted molar refractivity (Wildman–Crippen MR) is 112 cm³/mol. The van der Waals surface area contributed by atoms with Gasteiger partial charge in [0.2, 0.25) is 0 Å². The fraction of sp³-hybridized carbons (Fsp3) is 0.435. The highest BCUT2D eigenvalue weighted by Gasteiger charge is 2.28. The molecule has 29 heavy (non-hydrogen) atoms. The Kier molecular flexibility index (Phi) is 6.86. The number of nitrogens with zero attached hydrogens (tertiary/aromatic N) is 2. The smallest absolute Gasteiger partial charge is 0.270 e. The Morgan fingerprint density at radius 2 is 1.76 bits per heavy atom. The van der Waals surface area contributed by atoms with Crippen LogP contribution >= 0.6 is 0 Å². The second-order valence-electron chi connectivity index (χ2n) is 7.77. The second kappa shape index (κ2) is 9.54. The first-order chi connectivity index (χ1) is 13.9. The van der Waals surface area contributed by atoms with E-state index in [1.807, 2.05) is 29.2 Å². The Morgan fingerprint density at radius 3 is 2.34 bits per heavy atom. The molecule has 2 heterocycles. The molecule has 6 nitrogen and oxygen atoms in total. The minimum absolute atomic E-state index is 0.0209. The summed E-state index contributed by atoms with van der Waals surface area (Å²) in [4.78, 5) is 30.9. The zero-order chi connectivity index (χ0) is 20.8. The number of pyridine rings is 1. The first-order valence-electron chi connectivity index (χ1n) is 10.2. The van der Waals surface area contributed by atoms with Crippen LogP contribution in [0.5, 0.6) is 5.75 Å². The Morgan fingerprint density at radius 1 is 1.07 bits per heavy atom. The molecule has 1 N–H and O–H groups in total. The summed E-state index contributed by atoms with van der Waals surface area (Å²) in [6.45, 7) is 7.28. The van der Waals surface area contributed by atoms with Crippen LogP contribution in [0.25, 0.3) is 0 Å². The Bertz CT molecular complexity index is 813. The molecule has 1 aliphatic rings. The number of amides is 2. The first kappa shape index (κ1) is 20.8. The lowest BCUT2D eigenvalue weighted by molar-refractivity contribution is -0.139. The maximum absolute atomic E-state index is 12.7. The van der Waals surface area contributed by atoms with E-state index in [1.54, 1.807) is 31.3 Å². The van der Waals surface area contributed by atoms with Gasteiger partial charge in [-0.15, -0.1) is 0 Å². The van der Waals surface area contributed by atoms with E-state index < -0.39 is 6.10 Å². The maximum atomic E-state index is 12.7. The summed E-state index contributed by atoms with van der Waals surface area (Å²) in [6, 6.07) is 13.2. The van der Waals surface area contributed by atoms with E-state index >= 15 is 0 Å². The molecule has 0 bridgehead atoms. The number of nitrogens with one attached hydrogen (secondary N) is 1. The van der Waals surface area contributed by atoms with E-state index in [2.05, 4.69) is 24.1 Å². The summed E-state index contributed by atoms with van der Waals surface area (Å²) in [5, 5.41) is 3.01. The minimum Gasteiger partial charge on any atom is -0.481 e. The van der Waals surface area contributed by atoms with E-state index in [4.69, 9.17) is 4.74 Å². The summed E-state index contributed by atoms with van der Waals surface area (Å²) in [5.74, 6) is 0.972. The first-order valence-corrected chi connectivity index (χ1v) is 10.2. The van der Waals surface area contributed by atoms with Gasteiger partial charge in [0.1, 0.15) is 11.4 Å². The monoisotopic (exact) mass is 395 g/mol. The van der Waals surface area contributed by atoms with Crippen molar-refractivity contribution < 1.29 is 14.3 Å². The lowest BCUT2D eigenvalue weighted by Gasteiger charge is -2.33. The van der Waals surface area contributed by atoms with Gasteiger partial charge < -0.3 is 15.0 Å². The molecule has 1 unspecified atom stereocenters. The van der Waals surface area contributed by atoms with Gasteiger partial charge in [-0.25, -0.2) is 0 Å². The molecule has 1 saturated heterocycles. The highest BCUT2D eigenvalue weighted by molar-refractivity contribution is 5.92. The average molecular weight is 396 g/mol. The van der Waals surface area contributed by atoms with Gasteiger partial charge in [-0.2, -0.15) is 0 Å². The zero-order valence-electron chi connectivity index (χ0n) is 17.3. The molecule has 1 aromatic heterocycles. The highest BCUT2D eigenvalue weighted by Crippen LogP contribution is 2.20. The van der Waals surface area contributed by atoms with E-state index in [9.17, 15) is 9.59 Å². The number of rotatable bonds is 6. The van der Waals surface area contributed by atoms with E-state index in [0.29, 0.717) is 30.5 Å². The van der Waals surface area contributed by atoms with Crippen molar-refractivity contribution in [2.75, 3.05) is 13.1 Å². The largest absolute Gasteiger partial charge is 0.481 e. The molecule has 1 atom stereocenters. The number of likely N-dealkylation sites (tertiary alicyclic amines) is 1. The summed E-state index contributed by atoms with van der Waals surface area (Å²) in [5.41, 5.74) is 1.66. The molecule has 2 amide bonds. The van der Waals surface area contributed by atoms with Gasteiger partial charge in [0.05, 0.1) is 0 Å². The summed E-state index contributed by atoms with van der Waals surface area (Å²) in [7, 11) is 0. The Labute approximate surface area is 172 Å². The Hall–Kier alpha value is -2.89. The van der Waals surface area contributed by atoms with Crippen LogP contribution in [-0.2, 0) is 4.79 Å². The summed E-state index contributed by atoms with van der Waals surface area (Å²) >= 11 is 0. The molecule has 1 fully saturated rings. The van der Waals surface area contributed by atoms with Crippen LogP contribution in [0.2, 0.25) is 0 Å². The number of carbonyl (C=O) groups excluding carboxylic acids is 2. The van der Waals surface area contributed by atoms with Gasteiger partial charge in [0.15, 0.2) is 6.10 Å². The van der Waals surface area contributed by atoms with Crippen LogP contribution in [-0.4, -0.2) is 46.9 Å². The second-order valence-corrected chi connectivity index (χ2v) is 7.77. The number of aromatic nitrogens is 1. The number of hydrogen-bond donors (Lipinski definition) is 1. The SMILES string of the molecule is CC(Oc1ccc(C(C)C)cc1)C(=O)N1CCC(NC(=O)c2ccccn2)CC1. The number of piperidine rings is 1. The van der Waals surface area contributed by atoms with Gasteiger partial charge in [-0.05, 0) is 55.5 Å². The van der Waals surface area contributed by atoms with Crippen molar-refractivity contribution in [3.63, 3.8) is 0 Å². The van der Waals surface area contributed by atoms with Crippen molar-refractivity contribution in [1.29, 1.82) is 0 Å². The molecule has 1 aliphatic heterocycles.